The lowest BCUT2D eigenvalue weighted by molar-refractivity contribution is 0.0948. The van der Waals surface area contributed by atoms with Crippen molar-refractivity contribution in [3.8, 4) is 5.88 Å². The molecule has 1 aliphatic heterocycles. The molecule has 0 unspecified atom stereocenters. The average molecular weight is 365 g/mol. The SMILES string of the molecule is COc1nc(C(=O)NCCc2nnc3n2CCCCC3)cc2ccccc12. The second kappa shape index (κ2) is 7.73. The van der Waals surface area contributed by atoms with E-state index in [0.29, 0.717) is 24.5 Å². The molecule has 1 amide bonds. The lowest BCUT2D eigenvalue weighted by Gasteiger charge is -2.10. The van der Waals surface area contributed by atoms with Gasteiger partial charge in [-0.3, -0.25) is 4.79 Å². The Hall–Kier alpha value is -2.96. The molecule has 1 N–H and O–H groups in total. The summed E-state index contributed by atoms with van der Waals surface area (Å²) in [4.78, 5) is 16.9. The largest absolute Gasteiger partial charge is 0.481 e. The van der Waals surface area contributed by atoms with Crippen LogP contribution in [0.5, 0.6) is 5.88 Å². The van der Waals surface area contributed by atoms with Crippen LogP contribution in [0.15, 0.2) is 30.3 Å². The van der Waals surface area contributed by atoms with E-state index in [9.17, 15) is 4.79 Å². The van der Waals surface area contributed by atoms with E-state index in [0.717, 1.165) is 41.8 Å². The number of aromatic nitrogens is 4. The third kappa shape index (κ3) is 3.63. The highest BCUT2D eigenvalue weighted by Crippen LogP contribution is 2.24. The lowest BCUT2D eigenvalue weighted by atomic mass is 10.1. The maximum Gasteiger partial charge on any atom is 0.270 e. The molecule has 0 fully saturated rings. The summed E-state index contributed by atoms with van der Waals surface area (Å²) >= 11 is 0. The number of nitrogens with zero attached hydrogens (tertiary/aromatic N) is 4. The summed E-state index contributed by atoms with van der Waals surface area (Å²) in [7, 11) is 1.56. The van der Waals surface area contributed by atoms with E-state index in [1.807, 2.05) is 24.3 Å². The molecule has 4 rings (SSSR count). The van der Waals surface area contributed by atoms with Gasteiger partial charge in [0.15, 0.2) is 0 Å². The maximum absolute atomic E-state index is 12.6. The van der Waals surface area contributed by atoms with Crippen LogP contribution in [0.2, 0.25) is 0 Å². The Morgan fingerprint density at radius 3 is 3.00 bits per heavy atom. The highest BCUT2D eigenvalue weighted by molar-refractivity contribution is 5.98. The van der Waals surface area contributed by atoms with Crippen LogP contribution >= 0.6 is 0 Å². The highest BCUT2D eigenvalue weighted by Gasteiger charge is 2.16. The number of hydrogen-bond donors (Lipinski definition) is 1. The number of methoxy groups -OCH3 is 1. The number of carbonyl (C=O) groups excluding carboxylic acids is 1. The monoisotopic (exact) mass is 365 g/mol. The topological polar surface area (TPSA) is 81.9 Å². The molecule has 0 saturated carbocycles. The Kier molecular flexibility index (Phi) is 5.00. The molecule has 27 heavy (non-hydrogen) atoms. The van der Waals surface area contributed by atoms with Crippen molar-refractivity contribution in [3.05, 3.63) is 47.7 Å². The summed E-state index contributed by atoms with van der Waals surface area (Å²) in [5, 5.41) is 13.4. The first-order valence-corrected chi connectivity index (χ1v) is 9.39. The first-order valence-electron chi connectivity index (χ1n) is 9.39. The van der Waals surface area contributed by atoms with Gasteiger partial charge in [0.2, 0.25) is 5.88 Å². The minimum atomic E-state index is -0.213. The van der Waals surface area contributed by atoms with Gasteiger partial charge in [-0.15, -0.1) is 10.2 Å². The normalized spacial score (nSPS) is 13.8. The number of rotatable bonds is 5. The van der Waals surface area contributed by atoms with Crippen LogP contribution < -0.4 is 10.1 Å². The standard InChI is InChI=1S/C20H23N5O2/c1-27-20-15-8-5-4-7-14(15)13-16(22-20)19(26)21-11-10-18-24-23-17-9-3-2-6-12-25(17)18/h4-5,7-8,13H,2-3,6,9-12H2,1H3,(H,21,26). The number of fused-ring (bicyclic) bond motifs is 2. The van der Waals surface area contributed by atoms with E-state index >= 15 is 0 Å². The van der Waals surface area contributed by atoms with Gasteiger partial charge in [0, 0.05) is 31.3 Å². The summed E-state index contributed by atoms with van der Waals surface area (Å²) in [6.07, 6.45) is 5.20. The van der Waals surface area contributed by atoms with E-state index in [2.05, 4.69) is 25.1 Å². The lowest BCUT2D eigenvalue weighted by Crippen LogP contribution is -2.27. The van der Waals surface area contributed by atoms with Crippen molar-refractivity contribution in [3.63, 3.8) is 0 Å². The van der Waals surface area contributed by atoms with Crippen molar-refractivity contribution in [1.29, 1.82) is 0 Å². The van der Waals surface area contributed by atoms with Crippen LogP contribution in [0.1, 0.15) is 41.4 Å². The van der Waals surface area contributed by atoms with Crippen LogP contribution in [0.3, 0.4) is 0 Å². The second-order valence-corrected chi connectivity index (χ2v) is 6.74. The second-order valence-electron chi connectivity index (χ2n) is 6.74. The van der Waals surface area contributed by atoms with Gasteiger partial charge in [-0.2, -0.15) is 0 Å². The fourth-order valence-electron chi connectivity index (χ4n) is 3.55. The number of ether oxygens (including phenoxy) is 1. The molecule has 0 spiro atoms. The molecule has 3 aromatic rings. The molecular weight excluding hydrogens is 342 g/mol. The summed E-state index contributed by atoms with van der Waals surface area (Å²) in [5.41, 5.74) is 0.352. The van der Waals surface area contributed by atoms with E-state index in [-0.39, 0.29) is 5.91 Å². The zero-order chi connectivity index (χ0) is 18.6. The predicted octanol–water partition coefficient (Wildman–Crippen LogP) is 2.53. The molecule has 0 radical (unpaired) electrons. The molecule has 0 saturated heterocycles. The molecule has 0 aliphatic carbocycles. The van der Waals surface area contributed by atoms with E-state index < -0.39 is 0 Å². The van der Waals surface area contributed by atoms with Crippen molar-refractivity contribution < 1.29 is 9.53 Å². The third-order valence-electron chi connectivity index (χ3n) is 4.95. The zero-order valence-corrected chi connectivity index (χ0v) is 15.4. The number of aryl methyl sites for hydroxylation is 1. The minimum absolute atomic E-state index is 0.213. The van der Waals surface area contributed by atoms with Crippen molar-refractivity contribution in [2.24, 2.45) is 0 Å². The van der Waals surface area contributed by atoms with Crippen LogP contribution in [0.25, 0.3) is 10.8 Å². The molecule has 140 valence electrons. The number of amides is 1. The zero-order valence-electron chi connectivity index (χ0n) is 15.4. The smallest absolute Gasteiger partial charge is 0.270 e. The Morgan fingerprint density at radius 1 is 1.22 bits per heavy atom. The van der Waals surface area contributed by atoms with Crippen molar-refractivity contribution in [2.45, 2.75) is 38.6 Å². The number of hydrogen-bond acceptors (Lipinski definition) is 5. The number of pyridine rings is 1. The minimum Gasteiger partial charge on any atom is -0.481 e. The predicted molar refractivity (Wildman–Crippen MR) is 102 cm³/mol. The van der Waals surface area contributed by atoms with Crippen LogP contribution in [-0.4, -0.2) is 39.3 Å². The van der Waals surface area contributed by atoms with Gasteiger partial charge in [0.1, 0.15) is 17.3 Å². The van der Waals surface area contributed by atoms with E-state index in [4.69, 9.17) is 4.74 Å². The van der Waals surface area contributed by atoms with Gasteiger partial charge in [-0.1, -0.05) is 24.6 Å². The number of carbonyl (C=O) groups is 1. The summed E-state index contributed by atoms with van der Waals surface area (Å²) in [6.45, 7) is 1.46. The molecule has 1 aromatic carbocycles. The number of benzene rings is 1. The quantitative estimate of drug-likeness (QED) is 0.751. The Labute approximate surface area is 157 Å². The van der Waals surface area contributed by atoms with E-state index in [1.54, 1.807) is 13.2 Å². The summed E-state index contributed by atoms with van der Waals surface area (Å²) < 4.78 is 7.55. The first kappa shape index (κ1) is 17.5. The molecule has 7 heteroatoms. The van der Waals surface area contributed by atoms with Gasteiger partial charge < -0.3 is 14.6 Å². The molecule has 7 nitrogen and oxygen atoms in total. The third-order valence-corrected chi connectivity index (χ3v) is 4.95. The summed E-state index contributed by atoms with van der Waals surface area (Å²) in [5.74, 6) is 2.25. The summed E-state index contributed by atoms with van der Waals surface area (Å²) in [6, 6.07) is 9.52. The van der Waals surface area contributed by atoms with Crippen LogP contribution in [-0.2, 0) is 19.4 Å². The van der Waals surface area contributed by atoms with Gasteiger partial charge in [0.25, 0.3) is 5.91 Å². The highest BCUT2D eigenvalue weighted by atomic mass is 16.5. The van der Waals surface area contributed by atoms with Gasteiger partial charge >= 0.3 is 0 Å². The average Bonchev–Trinajstić information content (AvgIpc) is 2.93. The van der Waals surface area contributed by atoms with Crippen LogP contribution in [0.4, 0.5) is 0 Å². The molecule has 0 atom stereocenters. The van der Waals surface area contributed by atoms with Crippen LogP contribution in [0, 0.1) is 0 Å². The van der Waals surface area contributed by atoms with Gasteiger partial charge in [0.05, 0.1) is 7.11 Å². The first-order chi connectivity index (χ1) is 13.3. The fraction of sp³-hybridized carbons (Fsp3) is 0.400. The maximum atomic E-state index is 12.6. The number of nitrogens with one attached hydrogen (secondary N) is 1. The van der Waals surface area contributed by atoms with Gasteiger partial charge in [-0.25, -0.2) is 4.98 Å². The van der Waals surface area contributed by atoms with E-state index in [1.165, 1.54) is 12.8 Å². The Morgan fingerprint density at radius 2 is 2.11 bits per heavy atom. The Bertz CT molecular complexity index is 966. The van der Waals surface area contributed by atoms with Crippen molar-refractivity contribution in [2.75, 3.05) is 13.7 Å². The van der Waals surface area contributed by atoms with Crippen molar-refractivity contribution >= 4 is 16.7 Å². The molecule has 2 aromatic heterocycles. The van der Waals surface area contributed by atoms with Crippen molar-refractivity contribution in [1.82, 2.24) is 25.1 Å². The molecule has 1 aliphatic rings. The molecule has 3 heterocycles. The molecular formula is C20H23N5O2. The fourth-order valence-corrected chi connectivity index (χ4v) is 3.55. The van der Waals surface area contributed by atoms with Gasteiger partial charge in [-0.05, 0) is 30.4 Å². The Balaban J connectivity index is 1.44. The molecule has 0 bridgehead atoms.